The van der Waals surface area contributed by atoms with E-state index in [-0.39, 0.29) is 0 Å². The Bertz CT molecular complexity index is 112. The Balaban J connectivity index is 0.000000671. The minimum Gasteiger partial charge on any atom is -0.0683 e. The van der Waals surface area contributed by atoms with Crippen LogP contribution in [0.4, 0.5) is 0 Å². The molecule has 0 saturated heterocycles. The second-order valence-corrected chi connectivity index (χ2v) is 5.41. The van der Waals surface area contributed by atoms with Gasteiger partial charge in [0, 0.05) is 0 Å². The molecule has 1 rings (SSSR count). The molecule has 0 amide bonds. The first-order chi connectivity index (χ1) is 5.99. The van der Waals surface area contributed by atoms with Gasteiger partial charge in [0.1, 0.15) is 0 Å². The van der Waals surface area contributed by atoms with Crippen LogP contribution < -0.4 is 0 Å². The summed E-state index contributed by atoms with van der Waals surface area (Å²) in [6, 6.07) is 0. The zero-order valence-corrected chi connectivity index (χ0v) is 10.5. The summed E-state index contributed by atoms with van der Waals surface area (Å²) in [7, 11) is 0. The molecule has 0 aromatic heterocycles. The second-order valence-electron chi connectivity index (χ2n) is 5.41. The van der Waals surface area contributed by atoms with Crippen LogP contribution >= 0.6 is 0 Å². The number of hydrogen-bond donors (Lipinski definition) is 0. The van der Waals surface area contributed by atoms with Gasteiger partial charge in [-0.1, -0.05) is 54.4 Å². The van der Waals surface area contributed by atoms with Crippen LogP contribution in [0.15, 0.2) is 0 Å². The maximum absolute atomic E-state index is 2.42. The Kier molecular flexibility index (Phi) is 5.67. The summed E-state index contributed by atoms with van der Waals surface area (Å²) < 4.78 is 0. The van der Waals surface area contributed by atoms with Crippen molar-refractivity contribution < 1.29 is 0 Å². The summed E-state index contributed by atoms with van der Waals surface area (Å²) in [5, 5.41) is 0. The van der Waals surface area contributed by atoms with E-state index in [1.165, 1.54) is 25.7 Å². The highest BCUT2D eigenvalue weighted by Gasteiger charge is 2.30. The molecule has 0 radical (unpaired) electrons. The van der Waals surface area contributed by atoms with Crippen molar-refractivity contribution in [2.75, 3.05) is 0 Å². The van der Waals surface area contributed by atoms with E-state index in [0.717, 1.165) is 11.8 Å². The average molecular weight is 184 g/mol. The molecule has 0 heterocycles. The molecule has 1 fully saturated rings. The molecule has 1 aliphatic carbocycles. The van der Waals surface area contributed by atoms with Crippen molar-refractivity contribution in [3.8, 4) is 0 Å². The molecule has 1 saturated carbocycles. The van der Waals surface area contributed by atoms with E-state index in [4.69, 9.17) is 0 Å². The predicted molar refractivity (Wildman–Crippen MR) is 61.9 cm³/mol. The first-order valence-corrected chi connectivity index (χ1v) is 5.99. The van der Waals surface area contributed by atoms with Gasteiger partial charge >= 0.3 is 0 Å². The highest BCUT2D eigenvalue weighted by atomic mass is 14.4. The zero-order chi connectivity index (χ0) is 10.5. The van der Waals surface area contributed by atoms with Gasteiger partial charge in [0.15, 0.2) is 0 Å². The number of hydrogen-bond acceptors (Lipinski definition) is 0. The Morgan fingerprint density at radius 2 is 1.62 bits per heavy atom. The molecule has 0 bridgehead atoms. The van der Waals surface area contributed by atoms with Crippen molar-refractivity contribution in [3.63, 3.8) is 0 Å². The standard InChI is InChI=1S/C11H22.C2H6/c1-9(2)7-11(3,4)8-10-5-6-10;1-2/h9-10H,5-8H2,1-4H3;1-2H3. The summed E-state index contributed by atoms with van der Waals surface area (Å²) in [6.45, 7) is 13.5. The van der Waals surface area contributed by atoms with Crippen LogP contribution in [0.5, 0.6) is 0 Å². The monoisotopic (exact) mass is 184 g/mol. The molecule has 0 spiro atoms. The molecular weight excluding hydrogens is 156 g/mol. The van der Waals surface area contributed by atoms with Crippen LogP contribution in [0, 0.1) is 17.3 Å². The van der Waals surface area contributed by atoms with Gasteiger partial charge in [-0.15, -0.1) is 0 Å². The van der Waals surface area contributed by atoms with E-state index < -0.39 is 0 Å². The van der Waals surface area contributed by atoms with Crippen LogP contribution in [0.3, 0.4) is 0 Å². The molecule has 0 aromatic rings. The van der Waals surface area contributed by atoms with E-state index in [1.807, 2.05) is 13.8 Å². The normalized spacial score (nSPS) is 16.8. The molecule has 80 valence electrons. The summed E-state index contributed by atoms with van der Waals surface area (Å²) >= 11 is 0. The SMILES string of the molecule is CC.CC(C)CC(C)(C)CC1CC1. The Labute approximate surface area is 85.1 Å². The van der Waals surface area contributed by atoms with Gasteiger partial charge in [0.2, 0.25) is 0 Å². The Morgan fingerprint density at radius 3 is 1.92 bits per heavy atom. The summed E-state index contributed by atoms with van der Waals surface area (Å²) in [6.07, 6.45) is 5.86. The van der Waals surface area contributed by atoms with Crippen LogP contribution in [-0.4, -0.2) is 0 Å². The summed E-state index contributed by atoms with van der Waals surface area (Å²) in [5.74, 6) is 1.95. The Hall–Kier alpha value is 0. The van der Waals surface area contributed by atoms with Gasteiger partial charge in [0.05, 0.1) is 0 Å². The highest BCUT2D eigenvalue weighted by molar-refractivity contribution is 4.81. The first kappa shape index (κ1) is 13.0. The molecule has 0 atom stereocenters. The lowest BCUT2D eigenvalue weighted by Gasteiger charge is -2.26. The van der Waals surface area contributed by atoms with E-state index in [9.17, 15) is 0 Å². The van der Waals surface area contributed by atoms with Crippen molar-refractivity contribution in [3.05, 3.63) is 0 Å². The lowest BCUT2D eigenvalue weighted by atomic mass is 9.80. The smallest absolute Gasteiger partial charge is 0.0349 e. The van der Waals surface area contributed by atoms with Crippen LogP contribution in [0.25, 0.3) is 0 Å². The zero-order valence-electron chi connectivity index (χ0n) is 10.5. The molecule has 0 N–H and O–H groups in total. The first-order valence-electron chi connectivity index (χ1n) is 5.99. The van der Waals surface area contributed by atoms with E-state index in [1.54, 1.807) is 0 Å². The molecule has 0 nitrogen and oxygen atoms in total. The van der Waals surface area contributed by atoms with Crippen LogP contribution in [0.1, 0.15) is 67.2 Å². The minimum absolute atomic E-state index is 0.606. The quantitative estimate of drug-likeness (QED) is 0.584. The highest BCUT2D eigenvalue weighted by Crippen LogP contribution is 2.42. The topological polar surface area (TPSA) is 0 Å². The van der Waals surface area contributed by atoms with Gasteiger partial charge in [-0.2, -0.15) is 0 Å². The fourth-order valence-electron chi connectivity index (χ4n) is 2.29. The molecule has 0 unspecified atom stereocenters. The van der Waals surface area contributed by atoms with Gasteiger partial charge in [0.25, 0.3) is 0 Å². The van der Waals surface area contributed by atoms with Gasteiger partial charge in [-0.05, 0) is 30.1 Å². The van der Waals surface area contributed by atoms with E-state index in [2.05, 4.69) is 27.7 Å². The fourth-order valence-corrected chi connectivity index (χ4v) is 2.29. The third kappa shape index (κ3) is 7.10. The van der Waals surface area contributed by atoms with Gasteiger partial charge in [-0.25, -0.2) is 0 Å². The predicted octanol–water partition coefficient (Wildman–Crippen LogP) is 4.89. The molecule has 0 aliphatic heterocycles. The van der Waals surface area contributed by atoms with Gasteiger partial charge < -0.3 is 0 Å². The second kappa shape index (κ2) is 5.67. The molecule has 13 heavy (non-hydrogen) atoms. The van der Waals surface area contributed by atoms with Crippen LogP contribution in [-0.2, 0) is 0 Å². The summed E-state index contributed by atoms with van der Waals surface area (Å²) in [5.41, 5.74) is 0.606. The van der Waals surface area contributed by atoms with Crippen molar-refractivity contribution in [2.24, 2.45) is 17.3 Å². The molecular formula is C13H28. The third-order valence-electron chi connectivity index (χ3n) is 2.50. The molecule has 0 aromatic carbocycles. The summed E-state index contributed by atoms with van der Waals surface area (Å²) in [4.78, 5) is 0. The molecule has 0 heteroatoms. The number of rotatable bonds is 4. The molecule has 1 aliphatic rings. The van der Waals surface area contributed by atoms with Crippen molar-refractivity contribution in [2.45, 2.75) is 67.2 Å². The minimum atomic E-state index is 0.606. The maximum atomic E-state index is 2.42. The van der Waals surface area contributed by atoms with E-state index >= 15 is 0 Å². The largest absolute Gasteiger partial charge is 0.0683 e. The average Bonchev–Trinajstić information content (AvgIpc) is 2.72. The Morgan fingerprint density at radius 1 is 1.15 bits per heavy atom. The fraction of sp³-hybridized carbons (Fsp3) is 1.00. The van der Waals surface area contributed by atoms with Crippen LogP contribution in [0.2, 0.25) is 0 Å². The van der Waals surface area contributed by atoms with Crippen molar-refractivity contribution >= 4 is 0 Å². The maximum Gasteiger partial charge on any atom is -0.0349 e. The lowest BCUT2D eigenvalue weighted by molar-refractivity contribution is 0.252. The third-order valence-corrected chi connectivity index (χ3v) is 2.50. The van der Waals surface area contributed by atoms with Gasteiger partial charge in [-0.3, -0.25) is 0 Å². The lowest BCUT2D eigenvalue weighted by Crippen LogP contribution is -2.15. The van der Waals surface area contributed by atoms with Crippen molar-refractivity contribution in [1.82, 2.24) is 0 Å². The van der Waals surface area contributed by atoms with E-state index in [0.29, 0.717) is 5.41 Å². The van der Waals surface area contributed by atoms with Crippen molar-refractivity contribution in [1.29, 1.82) is 0 Å².